The van der Waals surface area contributed by atoms with Gasteiger partial charge in [-0.3, -0.25) is 4.90 Å². The molecule has 33 heavy (non-hydrogen) atoms. The predicted molar refractivity (Wildman–Crippen MR) is 129 cm³/mol. The van der Waals surface area contributed by atoms with Gasteiger partial charge in [0.15, 0.2) is 0 Å². The second-order valence-electron chi connectivity index (χ2n) is 9.13. The van der Waals surface area contributed by atoms with Crippen LogP contribution in [0.15, 0.2) is 65.2 Å². The van der Waals surface area contributed by atoms with E-state index in [1.54, 1.807) is 0 Å². The van der Waals surface area contributed by atoms with Gasteiger partial charge in [0.25, 0.3) is 0 Å². The molecule has 0 aliphatic carbocycles. The van der Waals surface area contributed by atoms with E-state index in [0.29, 0.717) is 13.1 Å². The molecule has 6 heteroatoms. The van der Waals surface area contributed by atoms with Crippen LogP contribution in [0.2, 0.25) is 0 Å². The van der Waals surface area contributed by atoms with Gasteiger partial charge in [-0.05, 0) is 31.2 Å². The van der Waals surface area contributed by atoms with Crippen LogP contribution in [0.1, 0.15) is 42.9 Å². The third-order valence-electron chi connectivity index (χ3n) is 6.69. The molecule has 2 aliphatic heterocycles. The molecular weight excluding hydrogens is 414 g/mol. The number of nitrogens with zero attached hydrogens (tertiary/aromatic N) is 3. The number of aliphatic hydroxyl groups is 1. The van der Waals surface area contributed by atoms with Crippen LogP contribution in [0.3, 0.4) is 0 Å². The van der Waals surface area contributed by atoms with Crippen molar-refractivity contribution in [3.8, 4) is 11.3 Å². The average Bonchev–Trinajstić information content (AvgIpc) is 3.63. The Hall–Kier alpha value is -2.67. The van der Waals surface area contributed by atoms with Crippen LogP contribution in [0.25, 0.3) is 11.3 Å². The van der Waals surface area contributed by atoms with Crippen LogP contribution >= 0.6 is 0 Å². The molecule has 3 heterocycles. The summed E-state index contributed by atoms with van der Waals surface area (Å²) in [5.41, 5.74) is 3.98. The SMILES string of the molecule is OC(CN(Cc1c(-c2ccccc2)noc1N1CCCC1)CC1CCCO1)c1ccccc1. The van der Waals surface area contributed by atoms with Crippen molar-refractivity contribution in [3.05, 3.63) is 71.8 Å². The monoisotopic (exact) mass is 447 g/mol. The van der Waals surface area contributed by atoms with Crippen LogP contribution < -0.4 is 4.90 Å². The highest BCUT2D eigenvalue weighted by Gasteiger charge is 2.28. The van der Waals surface area contributed by atoms with Gasteiger partial charge >= 0.3 is 0 Å². The van der Waals surface area contributed by atoms with E-state index in [9.17, 15) is 5.11 Å². The fourth-order valence-electron chi connectivity index (χ4n) is 4.96. The van der Waals surface area contributed by atoms with Gasteiger partial charge in [0.1, 0.15) is 5.69 Å². The Bertz CT molecular complexity index is 996. The summed E-state index contributed by atoms with van der Waals surface area (Å²) in [7, 11) is 0. The van der Waals surface area contributed by atoms with Gasteiger partial charge in [-0.2, -0.15) is 0 Å². The number of hydrogen-bond acceptors (Lipinski definition) is 6. The van der Waals surface area contributed by atoms with Gasteiger partial charge in [0.05, 0.1) is 17.8 Å². The van der Waals surface area contributed by atoms with Gasteiger partial charge in [-0.25, -0.2) is 0 Å². The van der Waals surface area contributed by atoms with Gasteiger partial charge < -0.3 is 19.3 Å². The molecule has 6 nitrogen and oxygen atoms in total. The minimum absolute atomic E-state index is 0.197. The smallest absolute Gasteiger partial charge is 0.232 e. The second-order valence-corrected chi connectivity index (χ2v) is 9.13. The molecule has 0 spiro atoms. The average molecular weight is 448 g/mol. The first-order chi connectivity index (χ1) is 16.3. The second kappa shape index (κ2) is 10.5. The van der Waals surface area contributed by atoms with Crippen molar-refractivity contribution in [1.82, 2.24) is 10.1 Å². The lowest BCUT2D eigenvalue weighted by atomic mass is 10.0. The minimum atomic E-state index is -0.567. The summed E-state index contributed by atoms with van der Waals surface area (Å²) in [5.74, 6) is 0.873. The quantitative estimate of drug-likeness (QED) is 0.515. The van der Waals surface area contributed by atoms with Gasteiger partial charge in [0, 0.05) is 44.9 Å². The van der Waals surface area contributed by atoms with Crippen LogP contribution in [-0.4, -0.2) is 54.1 Å². The lowest BCUT2D eigenvalue weighted by Gasteiger charge is -2.28. The number of ether oxygens (including phenoxy) is 1. The Morgan fingerprint density at radius 2 is 1.73 bits per heavy atom. The van der Waals surface area contributed by atoms with Crippen molar-refractivity contribution in [2.75, 3.05) is 37.7 Å². The Kier molecular flexibility index (Phi) is 7.05. The van der Waals surface area contributed by atoms with Crippen molar-refractivity contribution in [2.45, 2.75) is 44.4 Å². The molecule has 1 N–H and O–H groups in total. The number of anilines is 1. The van der Waals surface area contributed by atoms with E-state index in [1.807, 2.05) is 48.5 Å². The molecule has 2 unspecified atom stereocenters. The van der Waals surface area contributed by atoms with Gasteiger partial charge in [0.2, 0.25) is 5.88 Å². The molecule has 0 bridgehead atoms. The molecule has 1 aromatic heterocycles. The molecule has 2 aliphatic rings. The summed E-state index contributed by atoms with van der Waals surface area (Å²) in [6, 6.07) is 20.1. The molecular formula is C27H33N3O3. The van der Waals surface area contributed by atoms with E-state index in [4.69, 9.17) is 9.26 Å². The summed E-state index contributed by atoms with van der Waals surface area (Å²) < 4.78 is 11.9. The molecule has 174 valence electrons. The third-order valence-corrected chi connectivity index (χ3v) is 6.69. The lowest BCUT2D eigenvalue weighted by Crippen LogP contribution is -2.35. The van der Waals surface area contributed by atoms with Crippen molar-refractivity contribution in [3.63, 3.8) is 0 Å². The number of aliphatic hydroxyl groups excluding tert-OH is 1. The molecule has 0 radical (unpaired) electrons. The number of benzene rings is 2. The van der Waals surface area contributed by atoms with E-state index in [2.05, 4.69) is 27.1 Å². The minimum Gasteiger partial charge on any atom is -0.387 e. The molecule has 5 rings (SSSR count). The molecule has 2 saturated heterocycles. The number of aromatic nitrogens is 1. The van der Waals surface area contributed by atoms with E-state index < -0.39 is 6.10 Å². The highest BCUT2D eigenvalue weighted by atomic mass is 16.5. The first-order valence-corrected chi connectivity index (χ1v) is 12.1. The zero-order valence-corrected chi connectivity index (χ0v) is 19.1. The van der Waals surface area contributed by atoms with Crippen molar-refractivity contribution in [1.29, 1.82) is 0 Å². The van der Waals surface area contributed by atoms with Crippen LogP contribution in [-0.2, 0) is 11.3 Å². The number of hydrogen-bond donors (Lipinski definition) is 1. The molecule has 0 amide bonds. The summed E-state index contributed by atoms with van der Waals surface area (Å²) in [6.07, 6.45) is 4.14. The maximum absolute atomic E-state index is 11.0. The standard InChI is InChI=1S/C27H33N3O3/c31-25(21-10-3-1-4-11-21)20-29(18-23-14-9-17-32-23)19-24-26(22-12-5-2-6-13-22)28-33-27(24)30-15-7-8-16-30/h1-6,10-13,23,25,31H,7-9,14-20H2. The third kappa shape index (κ3) is 5.29. The molecule has 0 saturated carbocycles. The molecule has 2 fully saturated rings. The van der Waals surface area contributed by atoms with Gasteiger partial charge in [-0.1, -0.05) is 65.8 Å². The van der Waals surface area contributed by atoms with Gasteiger partial charge in [-0.15, -0.1) is 0 Å². The maximum atomic E-state index is 11.0. The van der Waals surface area contributed by atoms with Crippen LogP contribution in [0, 0.1) is 0 Å². The van der Waals surface area contributed by atoms with Crippen molar-refractivity contribution >= 4 is 5.88 Å². The zero-order valence-electron chi connectivity index (χ0n) is 19.1. The summed E-state index contributed by atoms with van der Waals surface area (Å²) in [4.78, 5) is 4.62. The van der Waals surface area contributed by atoms with Crippen LogP contribution in [0.5, 0.6) is 0 Å². The van der Waals surface area contributed by atoms with Crippen molar-refractivity contribution < 1.29 is 14.4 Å². The van der Waals surface area contributed by atoms with E-state index in [0.717, 1.165) is 67.4 Å². The van der Waals surface area contributed by atoms with Crippen LogP contribution in [0.4, 0.5) is 5.88 Å². The van der Waals surface area contributed by atoms with E-state index >= 15 is 0 Å². The normalized spacial score (nSPS) is 19.5. The van der Waals surface area contributed by atoms with Crippen molar-refractivity contribution in [2.24, 2.45) is 0 Å². The summed E-state index contributed by atoms with van der Waals surface area (Å²) in [6.45, 7) is 4.78. The predicted octanol–water partition coefficient (Wildman–Crippen LogP) is 4.66. The highest BCUT2D eigenvalue weighted by molar-refractivity contribution is 5.68. The Morgan fingerprint density at radius 3 is 2.42 bits per heavy atom. The lowest BCUT2D eigenvalue weighted by molar-refractivity contribution is 0.0460. The molecule has 2 aromatic carbocycles. The first-order valence-electron chi connectivity index (χ1n) is 12.1. The largest absolute Gasteiger partial charge is 0.387 e. The Balaban J connectivity index is 1.44. The summed E-state index contributed by atoms with van der Waals surface area (Å²) in [5, 5.41) is 15.5. The highest BCUT2D eigenvalue weighted by Crippen LogP contribution is 2.34. The first kappa shape index (κ1) is 22.1. The van der Waals surface area contributed by atoms with E-state index in [-0.39, 0.29) is 6.10 Å². The summed E-state index contributed by atoms with van der Waals surface area (Å²) >= 11 is 0. The topological polar surface area (TPSA) is 62.0 Å². The molecule has 2 atom stereocenters. The molecule has 3 aromatic rings. The number of rotatable bonds is 9. The zero-order chi connectivity index (χ0) is 22.5. The fourth-order valence-corrected chi connectivity index (χ4v) is 4.96. The fraction of sp³-hybridized carbons (Fsp3) is 0.444. The maximum Gasteiger partial charge on any atom is 0.232 e. The Morgan fingerprint density at radius 1 is 1.00 bits per heavy atom. The Labute approximate surface area is 195 Å². The van der Waals surface area contributed by atoms with E-state index in [1.165, 1.54) is 12.8 Å².